The van der Waals surface area contributed by atoms with Crippen LogP contribution in [0.15, 0.2) is 18.2 Å². The van der Waals surface area contributed by atoms with Crippen LogP contribution in [0.2, 0.25) is 0 Å². The normalized spacial score (nSPS) is 26.7. The number of hydrogen-bond donors (Lipinski definition) is 1. The highest BCUT2D eigenvalue weighted by atomic mass is 14.9. The third-order valence-corrected chi connectivity index (χ3v) is 5.27. The van der Waals surface area contributed by atoms with Crippen molar-refractivity contribution < 1.29 is 0 Å². The lowest BCUT2D eigenvalue weighted by atomic mass is 9.73. The van der Waals surface area contributed by atoms with Gasteiger partial charge in [-0.1, -0.05) is 38.0 Å². The third kappa shape index (κ3) is 3.63. The molecule has 0 radical (unpaired) electrons. The van der Waals surface area contributed by atoms with E-state index in [1.165, 1.54) is 49.7 Å². The summed E-state index contributed by atoms with van der Waals surface area (Å²) < 4.78 is 0. The van der Waals surface area contributed by atoms with Crippen LogP contribution < -0.4 is 5.32 Å². The molecule has 1 aromatic rings. The van der Waals surface area contributed by atoms with E-state index in [1.54, 1.807) is 5.56 Å². The lowest BCUT2D eigenvalue weighted by Gasteiger charge is -2.37. The summed E-state index contributed by atoms with van der Waals surface area (Å²) >= 11 is 0. The topological polar surface area (TPSA) is 12.0 Å². The van der Waals surface area contributed by atoms with Gasteiger partial charge in [0.2, 0.25) is 0 Å². The van der Waals surface area contributed by atoms with Gasteiger partial charge in [-0.25, -0.2) is 0 Å². The highest BCUT2D eigenvalue weighted by Crippen LogP contribution is 2.35. The summed E-state index contributed by atoms with van der Waals surface area (Å²) in [5, 5.41) is 3.58. The molecule has 0 heterocycles. The molecule has 0 saturated heterocycles. The smallest absolute Gasteiger partial charge is 0.00957 e. The van der Waals surface area contributed by atoms with E-state index in [2.05, 4.69) is 51.3 Å². The van der Waals surface area contributed by atoms with Gasteiger partial charge in [0.15, 0.2) is 0 Å². The molecule has 0 aromatic heterocycles. The van der Waals surface area contributed by atoms with Gasteiger partial charge in [-0.3, -0.25) is 0 Å². The first-order chi connectivity index (χ1) is 9.65. The van der Waals surface area contributed by atoms with Crippen LogP contribution in [0.5, 0.6) is 0 Å². The van der Waals surface area contributed by atoms with E-state index < -0.39 is 0 Å². The van der Waals surface area contributed by atoms with Crippen LogP contribution >= 0.6 is 0 Å². The van der Waals surface area contributed by atoms with Crippen LogP contribution in [0.1, 0.15) is 55.7 Å². The summed E-state index contributed by atoms with van der Waals surface area (Å²) in [6.45, 7) is 6.86. The lowest BCUT2D eigenvalue weighted by Crippen LogP contribution is -2.40. The highest BCUT2D eigenvalue weighted by molar-refractivity contribution is 5.34. The molecular weight excluding hydrogens is 242 g/mol. The van der Waals surface area contributed by atoms with Crippen molar-refractivity contribution in [2.45, 2.75) is 65.3 Å². The molecule has 1 aromatic carbocycles. The van der Waals surface area contributed by atoms with E-state index in [0.29, 0.717) is 6.04 Å². The number of benzene rings is 1. The largest absolute Gasteiger partial charge is 0.317 e. The van der Waals surface area contributed by atoms with E-state index in [0.717, 1.165) is 11.8 Å². The molecule has 1 aliphatic rings. The van der Waals surface area contributed by atoms with Crippen LogP contribution in [0, 0.1) is 25.7 Å². The van der Waals surface area contributed by atoms with Gasteiger partial charge in [-0.05, 0) is 75.1 Å². The van der Waals surface area contributed by atoms with Crippen LogP contribution in [0.25, 0.3) is 0 Å². The van der Waals surface area contributed by atoms with E-state index in [1.807, 2.05) is 0 Å². The predicted octanol–water partition coefficient (Wildman–Crippen LogP) is 4.65. The van der Waals surface area contributed by atoms with Crippen molar-refractivity contribution in [3.05, 3.63) is 34.9 Å². The second kappa shape index (κ2) is 7.26. The molecule has 1 aliphatic carbocycles. The molecule has 112 valence electrons. The molecule has 1 nitrogen and oxygen atoms in total. The summed E-state index contributed by atoms with van der Waals surface area (Å²) in [6, 6.07) is 7.43. The standard InChI is InChI=1S/C19H31N/c1-5-7-16-10-11-19(20-4)17(12-16)13-18-14(2)8-6-9-15(18)3/h6,8-9,16-17,19-20H,5,7,10-13H2,1-4H3. The predicted molar refractivity (Wildman–Crippen MR) is 88.2 cm³/mol. The molecule has 0 amide bonds. The van der Waals surface area contributed by atoms with Gasteiger partial charge in [0.05, 0.1) is 0 Å². The molecule has 20 heavy (non-hydrogen) atoms. The van der Waals surface area contributed by atoms with E-state index >= 15 is 0 Å². The fourth-order valence-corrected chi connectivity index (χ4v) is 4.07. The molecule has 0 aliphatic heterocycles. The number of aryl methyl sites for hydroxylation is 2. The molecule has 1 heteroatoms. The lowest BCUT2D eigenvalue weighted by molar-refractivity contribution is 0.200. The number of hydrogen-bond acceptors (Lipinski definition) is 1. The maximum absolute atomic E-state index is 3.58. The van der Waals surface area contributed by atoms with Crippen molar-refractivity contribution in [1.29, 1.82) is 0 Å². The monoisotopic (exact) mass is 273 g/mol. The molecule has 0 spiro atoms. The minimum Gasteiger partial charge on any atom is -0.317 e. The van der Waals surface area contributed by atoms with Crippen molar-refractivity contribution in [2.24, 2.45) is 11.8 Å². The van der Waals surface area contributed by atoms with Gasteiger partial charge in [-0.15, -0.1) is 0 Å². The summed E-state index contributed by atoms with van der Waals surface area (Å²) in [4.78, 5) is 0. The average molecular weight is 273 g/mol. The molecule has 0 bridgehead atoms. The molecule has 3 atom stereocenters. The Hall–Kier alpha value is -0.820. The maximum atomic E-state index is 3.58. The third-order valence-electron chi connectivity index (χ3n) is 5.27. The van der Waals surface area contributed by atoms with E-state index in [-0.39, 0.29) is 0 Å². The molecule has 3 unspecified atom stereocenters. The van der Waals surface area contributed by atoms with Gasteiger partial charge < -0.3 is 5.32 Å². The molecule has 1 saturated carbocycles. The first-order valence-electron chi connectivity index (χ1n) is 8.38. The number of rotatable bonds is 5. The Morgan fingerprint density at radius 3 is 2.45 bits per heavy atom. The van der Waals surface area contributed by atoms with Crippen LogP contribution in [0.3, 0.4) is 0 Å². The molecular formula is C19H31N. The van der Waals surface area contributed by atoms with E-state index in [9.17, 15) is 0 Å². The minimum atomic E-state index is 0.710. The fraction of sp³-hybridized carbons (Fsp3) is 0.684. The van der Waals surface area contributed by atoms with Crippen LogP contribution in [-0.4, -0.2) is 13.1 Å². The zero-order chi connectivity index (χ0) is 14.5. The highest BCUT2D eigenvalue weighted by Gasteiger charge is 2.29. The minimum absolute atomic E-state index is 0.710. The first kappa shape index (κ1) is 15.6. The van der Waals surface area contributed by atoms with Crippen molar-refractivity contribution in [1.82, 2.24) is 5.32 Å². The van der Waals surface area contributed by atoms with Gasteiger partial charge >= 0.3 is 0 Å². The summed E-state index contributed by atoms with van der Waals surface area (Å²) in [6.07, 6.45) is 8.20. The first-order valence-corrected chi connectivity index (χ1v) is 8.38. The van der Waals surface area contributed by atoms with Crippen LogP contribution in [-0.2, 0) is 6.42 Å². The summed E-state index contributed by atoms with van der Waals surface area (Å²) in [5.74, 6) is 1.77. The molecule has 2 rings (SSSR count). The van der Waals surface area contributed by atoms with Gasteiger partial charge in [-0.2, -0.15) is 0 Å². The number of nitrogens with one attached hydrogen (secondary N) is 1. The Bertz CT molecular complexity index is 404. The van der Waals surface area contributed by atoms with Crippen molar-refractivity contribution in [3.8, 4) is 0 Å². The second-order valence-electron chi connectivity index (χ2n) is 6.70. The Balaban J connectivity index is 2.11. The van der Waals surface area contributed by atoms with Crippen molar-refractivity contribution in [2.75, 3.05) is 7.05 Å². The van der Waals surface area contributed by atoms with Gasteiger partial charge in [0.1, 0.15) is 0 Å². The zero-order valence-corrected chi connectivity index (χ0v) is 13.7. The Morgan fingerprint density at radius 1 is 1.15 bits per heavy atom. The Kier molecular flexibility index (Phi) is 5.65. The SMILES string of the molecule is CCCC1CCC(NC)C(Cc2c(C)cccc2C)C1. The van der Waals surface area contributed by atoms with Crippen molar-refractivity contribution >= 4 is 0 Å². The Labute approximate surface area is 125 Å². The fourth-order valence-electron chi connectivity index (χ4n) is 4.07. The molecule has 1 N–H and O–H groups in total. The van der Waals surface area contributed by atoms with Gasteiger partial charge in [0.25, 0.3) is 0 Å². The summed E-state index contributed by atoms with van der Waals surface area (Å²) in [5.41, 5.74) is 4.53. The molecule has 1 fully saturated rings. The quantitative estimate of drug-likeness (QED) is 0.823. The van der Waals surface area contributed by atoms with Crippen LogP contribution in [0.4, 0.5) is 0 Å². The Morgan fingerprint density at radius 2 is 1.85 bits per heavy atom. The summed E-state index contributed by atoms with van der Waals surface area (Å²) in [7, 11) is 2.14. The maximum Gasteiger partial charge on any atom is 0.00957 e. The average Bonchev–Trinajstić information content (AvgIpc) is 2.44. The van der Waals surface area contributed by atoms with Crippen molar-refractivity contribution in [3.63, 3.8) is 0 Å². The van der Waals surface area contributed by atoms with Gasteiger partial charge in [0, 0.05) is 6.04 Å². The van der Waals surface area contributed by atoms with E-state index in [4.69, 9.17) is 0 Å². The zero-order valence-electron chi connectivity index (χ0n) is 13.7. The second-order valence-corrected chi connectivity index (χ2v) is 6.70.